The number of fused-ring (bicyclic) bond motifs is 6. The molecule has 4 atom stereocenters. The maximum atomic E-state index is 7.06. The van der Waals surface area contributed by atoms with Crippen LogP contribution in [-0.2, 0) is 9.94 Å². The molecule has 4 heterocycles. The van der Waals surface area contributed by atoms with Crippen molar-refractivity contribution in [3.63, 3.8) is 0 Å². The van der Waals surface area contributed by atoms with Crippen molar-refractivity contribution in [3.8, 4) is 11.5 Å². The molecule has 0 fully saturated rings. The minimum atomic E-state index is -1.82. The first-order chi connectivity index (χ1) is 26.7. The lowest BCUT2D eigenvalue weighted by Gasteiger charge is -2.46. The van der Waals surface area contributed by atoms with E-state index in [2.05, 4.69) is 176 Å². The molecule has 3 unspecified atom stereocenters. The molecule has 54 heavy (non-hydrogen) atoms. The number of benzene rings is 6. The summed E-state index contributed by atoms with van der Waals surface area (Å²) >= 11 is 0. The molecule has 6 aromatic carbocycles. The summed E-state index contributed by atoms with van der Waals surface area (Å²) < 4.78 is 21.0. The largest absolute Gasteiger partial charge is 0.463 e. The number of allylic oxidation sites excluding steroid dienone is 2. The zero-order chi connectivity index (χ0) is 35.6. The van der Waals surface area contributed by atoms with E-state index in [1.807, 2.05) is 0 Å². The molecule has 0 saturated heterocycles. The van der Waals surface area contributed by atoms with Gasteiger partial charge in [0, 0.05) is 16.7 Å². The van der Waals surface area contributed by atoms with E-state index in [0.29, 0.717) is 0 Å². The predicted octanol–water partition coefficient (Wildman–Crippen LogP) is 9.01. The van der Waals surface area contributed by atoms with Crippen molar-refractivity contribution >= 4 is 56.3 Å². The highest BCUT2D eigenvalue weighted by Crippen LogP contribution is 2.70. The molecule has 2 aliphatic carbocycles. The summed E-state index contributed by atoms with van der Waals surface area (Å²) in [5.41, 5.74) is 6.85. The van der Waals surface area contributed by atoms with Gasteiger partial charge in [0.15, 0.2) is 0 Å². The van der Waals surface area contributed by atoms with Crippen LogP contribution in [0.25, 0.3) is 34.4 Å². The summed E-state index contributed by atoms with van der Waals surface area (Å²) in [5.74, 6) is 1.60. The molecule has 6 aliphatic rings. The fourth-order valence-corrected chi connectivity index (χ4v) is 13.1. The molecule has 0 saturated carbocycles. The molecule has 5 heteroatoms. The molecule has 0 amide bonds. The second kappa shape index (κ2) is 12.9. The fourth-order valence-electron chi connectivity index (χ4n) is 8.98. The molecule has 260 valence electrons. The molecule has 6 aromatic rings. The molecule has 4 aliphatic heterocycles. The molecule has 2 bridgehead atoms. The average molecular weight is 735 g/mol. The SMILES string of the molecule is C1=C(c2ccccc2)P2C(c3ccccc3OP3Oc4ccc5c(c4C4=c6ccccc6=CC[C@@H]4O3)=CCCC=5)=CC1(c1ccccc1)c1ccccc12. The molecule has 0 spiro atoms. The lowest BCUT2D eigenvalue weighted by Crippen LogP contribution is -2.39. The van der Waals surface area contributed by atoms with Crippen LogP contribution in [0.4, 0.5) is 0 Å². The maximum absolute atomic E-state index is 7.06. The average Bonchev–Trinajstić information content (AvgIpc) is 3.41. The van der Waals surface area contributed by atoms with Gasteiger partial charge in [-0.15, -0.1) is 0 Å². The molecule has 0 N–H and O–H groups in total. The van der Waals surface area contributed by atoms with Gasteiger partial charge in [0.2, 0.25) is 0 Å². The number of hydrogen-bond acceptors (Lipinski definition) is 3. The van der Waals surface area contributed by atoms with E-state index in [4.69, 9.17) is 13.6 Å². The van der Waals surface area contributed by atoms with Gasteiger partial charge in [-0.3, -0.25) is 4.52 Å². The van der Waals surface area contributed by atoms with Gasteiger partial charge in [-0.25, -0.2) is 0 Å². The molecule has 0 aromatic heterocycles. The number of para-hydroxylation sites is 1. The number of rotatable bonds is 5. The lowest BCUT2D eigenvalue weighted by molar-refractivity contribution is 0.232. The van der Waals surface area contributed by atoms with E-state index in [-0.39, 0.29) is 6.10 Å². The first kappa shape index (κ1) is 32.2. The lowest BCUT2D eigenvalue weighted by atomic mass is 9.72. The van der Waals surface area contributed by atoms with Gasteiger partial charge in [-0.2, -0.15) is 0 Å². The van der Waals surface area contributed by atoms with E-state index in [1.165, 1.54) is 59.1 Å². The normalized spacial score (nSPS) is 22.8. The van der Waals surface area contributed by atoms with E-state index in [0.717, 1.165) is 41.9 Å². The van der Waals surface area contributed by atoms with Crippen molar-refractivity contribution in [3.05, 3.63) is 206 Å². The van der Waals surface area contributed by atoms with Crippen molar-refractivity contribution in [2.45, 2.75) is 30.8 Å². The van der Waals surface area contributed by atoms with E-state index in [9.17, 15) is 0 Å². The van der Waals surface area contributed by atoms with Gasteiger partial charge in [0.05, 0.1) is 11.5 Å². The van der Waals surface area contributed by atoms with Crippen LogP contribution in [-0.4, -0.2) is 6.10 Å². The molecule has 3 nitrogen and oxygen atoms in total. The summed E-state index contributed by atoms with van der Waals surface area (Å²) in [5, 5.41) is 9.00. The zero-order valence-electron chi connectivity index (χ0n) is 29.6. The van der Waals surface area contributed by atoms with Crippen LogP contribution in [0.2, 0.25) is 0 Å². The third kappa shape index (κ3) is 5.07. The predicted molar refractivity (Wildman–Crippen MR) is 223 cm³/mol. The van der Waals surface area contributed by atoms with E-state index >= 15 is 0 Å². The van der Waals surface area contributed by atoms with Crippen LogP contribution in [0, 0.1) is 0 Å². The Kier molecular flexibility index (Phi) is 7.70. The highest BCUT2D eigenvalue weighted by atomic mass is 31.2. The third-order valence-corrected chi connectivity index (χ3v) is 15.1. The van der Waals surface area contributed by atoms with Crippen LogP contribution in [0.1, 0.15) is 47.1 Å². The third-order valence-electron chi connectivity index (χ3n) is 11.4. The highest BCUT2D eigenvalue weighted by Gasteiger charge is 2.47. The van der Waals surface area contributed by atoms with Crippen molar-refractivity contribution in [2.75, 3.05) is 0 Å². The Hall–Kier alpha value is -5.30. The van der Waals surface area contributed by atoms with Gasteiger partial charge in [0.25, 0.3) is 0 Å². The molecule has 0 radical (unpaired) electrons. The Morgan fingerprint density at radius 1 is 0.630 bits per heavy atom. The second-order valence-electron chi connectivity index (χ2n) is 14.4. The van der Waals surface area contributed by atoms with E-state index in [1.54, 1.807) is 0 Å². The van der Waals surface area contributed by atoms with Crippen molar-refractivity contribution < 1.29 is 13.6 Å². The summed E-state index contributed by atoms with van der Waals surface area (Å²) in [7, 11) is -2.72. The standard InChI is InChI=1S/C49H36O3P2/c1-3-17-35(18-4-1)45-31-49(36-19-5-2-6-20-36)32-46(53(45)44-26-14-12-24-40(44)49)39-23-11-13-25-41(39)50-54-51-42-29-27-33-15-7-9-21-37(33)47(42)48-38-22-10-8-16-34(38)28-30-43(48)52-54/h1-7,9,11-28,30-32,42H,8,10,29H2/t42-,49?,53?,54?/m0/s1. The minimum Gasteiger partial charge on any atom is -0.417 e. The van der Waals surface area contributed by atoms with Gasteiger partial charge in [0.1, 0.15) is 11.5 Å². The Morgan fingerprint density at radius 2 is 1.37 bits per heavy atom. The van der Waals surface area contributed by atoms with Gasteiger partial charge in [-0.05, 0) is 92.8 Å². The zero-order valence-corrected chi connectivity index (χ0v) is 31.3. The topological polar surface area (TPSA) is 27.7 Å². The summed E-state index contributed by atoms with van der Waals surface area (Å²) in [4.78, 5) is 0. The first-order valence-corrected chi connectivity index (χ1v) is 21.2. The Balaban J connectivity index is 1.07. The highest BCUT2D eigenvalue weighted by molar-refractivity contribution is 7.85. The summed E-state index contributed by atoms with van der Waals surface area (Å²) in [6.45, 7) is 0. The Labute approximate surface area is 317 Å². The van der Waals surface area contributed by atoms with Crippen LogP contribution in [0.3, 0.4) is 0 Å². The maximum Gasteiger partial charge on any atom is 0.463 e. The van der Waals surface area contributed by atoms with Crippen molar-refractivity contribution in [1.29, 1.82) is 0 Å². The van der Waals surface area contributed by atoms with Crippen molar-refractivity contribution in [1.82, 2.24) is 0 Å². The van der Waals surface area contributed by atoms with Crippen molar-refractivity contribution in [2.24, 2.45) is 0 Å². The fraction of sp³-hybridized carbons (Fsp3) is 0.102. The van der Waals surface area contributed by atoms with Crippen LogP contribution >= 0.6 is 16.5 Å². The molecule has 12 rings (SSSR count). The molecular formula is C49H36O3P2. The Morgan fingerprint density at radius 3 is 2.28 bits per heavy atom. The first-order valence-electron chi connectivity index (χ1n) is 18.8. The van der Waals surface area contributed by atoms with Gasteiger partial charge < -0.3 is 9.05 Å². The van der Waals surface area contributed by atoms with Gasteiger partial charge in [-0.1, -0.05) is 164 Å². The van der Waals surface area contributed by atoms with E-state index < -0.39 is 21.9 Å². The number of hydrogen-bond donors (Lipinski definition) is 0. The monoisotopic (exact) mass is 734 g/mol. The Bertz CT molecular complexity index is 2810. The van der Waals surface area contributed by atoms with Crippen LogP contribution in [0.15, 0.2) is 158 Å². The molecular weight excluding hydrogens is 698 g/mol. The van der Waals surface area contributed by atoms with Crippen LogP contribution < -0.4 is 35.2 Å². The minimum absolute atomic E-state index is 0.198. The quantitative estimate of drug-likeness (QED) is 0.166. The van der Waals surface area contributed by atoms with Gasteiger partial charge >= 0.3 is 8.60 Å². The van der Waals surface area contributed by atoms with Crippen LogP contribution in [0.5, 0.6) is 11.5 Å². The second-order valence-corrected chi connectivity index (χ2v) is 17.5. The summed E-state index contributed by atoms with van der Waals surface area (Å²) in [6.07, 6.45) is 14.7. The smallest absolute Gasteiger partial charge is 0.417 e. The summed E-state index contributed by atoms with van der Waals surface area (Å²) in [6, 6.07) is 52.4.